The van der Waals surface area contributed by atoms with E-state index >= 15 is 0 Å². The molecule has 0 saturated carbocycles. The van der Waals surface area contributed by atoms with Crippen LogP contribution in [0.2, 0.25) is 0 Å². The fraction of sp³-hybridized carbons (Fsp3) is 0.333. The zero-order chi connectivity index (χ0) is 26.5. The summed E-state index contributed by atoms with van der Waals surface area (Å²) in [6, 6.07) is 5.25. The molecule has 3 N–H and O–H groups in total. The molecular formula is C24H25F3N10O. The van der Waals surface area contributed by atoms with Gasteiger partial charge in [0.1, 0.15) is 5.82 Å². The quantitative estimate of drug-likeness (QED) is 0.299. The van der Waals surface area contributed by atoms with Crippen molar-refractivity contribution in [3.8, 4) is 0 Å². The van der Waals surface area contributed by atoms with Crippen molar-refractivity contribution in [2.75, 3.05) is 41.8 Å². The normalized spacial score (nSPS) is 14.4. The maximum absolute atomic E-state index is 13.5. The summed E-state index contributed by atoms with van der Waals surface area (Å²) in [6.07, 6.45) is 3.24. The summed E-state index contributed by atoms with van der Waals surface area (Å²) in [5, 5.41) is 13.4. The van der Waals surface area contributed by atoms with E-state index in [1.807, 2.05) is 11.8 Å². The van der Waals surface area contributed by atoms with Gasteiger partial charge in [0.2, 0.25) is 17.8 Å². The lowest BCUT2D eigenvalue weighted by Crippen LogP contribution is -2.37. The van der Waals surface area contributed by atoms with Crippen LogP contribution in [0.5, 0.6) is 0 Å². The third kappa shape index (κ3) is 6.32. The van der Waals surface area contributed by atoms with Crippen LogP contribution in [0.3, 0.4) is 0 Å². The van der Waals surface area contributed by atoms with Crippen molar-refractivity contribution in [2.45, 2.75) is 25.8 Å². The molecule has 0 spiro atoms. The number of aryl methyl sites for hydroxylation is 2. The highest BCUT2D eigenvalue weighted by Crippen LogP contribution is 2.21. The Bertz CT molecular complexity index is 1380. The van der Waals surface area contributed by atoms with Crippen LogP contribution >= 0.6 is 0 Å². The van der Waals surface area contributed by atoms with E-state index in [4.69, 9.17) is 4.74 Å². The van der Waals surface area contributed by atoms with Gasteiger partial charge in [-0.25, -0.2) is 23.1 Å². The Morgan fingerprint density at radius 1 is 0.974 bits per heavy atom. The van der Waals surface area contributed by atoms with E-state index in [2.05, 4.69) is 45.8 Å². The standard InChI is InChI=1S/C24H25F3N10O/c1-14(21-28-12-16(25)13-29-21)30-22-32-23(34-24(33-22)37-6-8-38-9-7-37)31-20-11-17(35-36-20)4-2-15-3-5-18(26)19(27)10-15/h3,5,10-14H,2,4,6-9H2,1H3,(H3,30,31,32,33,34,35,36)/t14-/m0/s1. The third-order valence-corrected chi connectivity index (χ3v) is 5.83. The van der Waals surface area contributed by atoms with Gasteiger partial charge in [-0.3, -0.25) is 5.10 Å². The Morgan fingerprint density at radius 3 is 2.50 bits per heavy atom. The van der Waals surface area contributed by atoms with E-state index in [0.717, 1.165) is 24.2 Å². The number of nitrogens with one attached hydrogen (secondary N) is 3. The SMILES string of the molecule is C[C@H](Nc1nc(Nc2cc(CCc3ccc(F)c(F)c3)[nH]n2)nc(N2CCOCC2)n1)c1ncc(F)cn1. The minimum Gasteiger partial charge on any atom is -0.378 e. The van der Waals surface area contributed by atoms with Gasteiger partial charge >= 0.3 is 0 Å². The van der Waals surface area contributed by atoms with Crippen LogP contribution in [-0.4, -0.2) is 61.4 Å². The maximum atomic E-state index is 13.5. The van der Waals surface area contributed by atoms with Crippen molar-refractivity contribution in [1.82, 2.24) is 35.1 Å². The molecule has 1 atom stereocenters. The number of aromatic amines is 1. The van der Waals surface area contributed by atoms with Crippen molar-refractivity contribution >= 4 is 23.7 Å². The van der Waals surface area contributed by atoms with E-state index in [1.54, 1.807) is 12.1 Å². The van der Waals surface area contributed by atoms with E-state index in [0.29, 0.717) is 62.3 Å². The second kappa shape index (κ2) is 11.4. The summed E-state index contributed by atoms with van der Waals surface area (Å²) >= 11 is 0. The topological polar surface area (TPSA) is 130 Å². The van der Waals surface area contributed by atoms with Gasteiger partial charge in [0.15, 0.2) is 23.3 Å². The number of anilines is 4. The van der Waals surface area contributed by atoms with Crippen molar-refractivity contribution in [3.63, 3.8) is 0 Å². The number of benzene rings is 1. The summed E-state index contributed by atoms with van der Waals surface area (Å²) < 4.78 is 45.3. The molecule has 4 aromatic rings. The van der Waals surface area contributed by atoms with Gasteiger partial charge in [-0.2, -0.15) is 20.1 Å². The minimum atomic E-state index is -0.871. The Hall–Kier alpha value is -4.33. The number of rotatable bonds is 9. The van der Waals surface area contributed by atoms with Gasteiger partial charge in [-0.15, -0.1) is 0 Å². The second-order valence-corrected chi connectivity index (χ2v) is 8.66. The molecule has 0 unspecified atom stereocenters. The summed E-state index contributed by atoms with van der Waals surface area (Å²) in [4.78, 5) is 23.6. The molecule has 3 aromatic heterocycles. The molecule has 1 fully saturated rings. The Balaban J connectivity index is 1.31. The van der Waals surface area contributed by atoms with Crippen molar-refractivity contribution in [2.24, 2.45) is 0 Å². The number of morpholine rings is 1. The van der Waals surface area contributed by atoms with Gasteiger partial charge < -0.3 is 20.3 Å². The molecule has 1 aliphatic rings. The molecule has 14 heteroatoms. The first-order valence-corrected chi connectivity index (χ1v) is 12.0. The average Bonchev–Trinajstić information content (AvgIpc) is 3.37. The van der Waals surface area contributed by atoms with Crippen LogP contribution in [-0.2, 0) is 17.6 Å². The van der Waals surface area contributed by atoms with E-state index in [-0.39, 0.29) is 11.9 Å². The fourth-order valence-corrected chi connectivity index (χ4v) is 3.84. The molecular weight excluding hydrogens is 501 g/mol. The van der Waals surface area contributed by atoms with Gasteiger partial charge in [-0.05, 0) is 37.5 Å². The first-order valence-electron chi connectivity index (χ1n) is 12.0. The predicted molar refractivity (Wildman–Crippen MR) is 133 cm³/mol. The Labute approximate surface area is 215 Å². The summed E-state index contributed by atoms with van der Waals surface area (Å²) in [6.45, 7) is 4.16. The average molecular weight is 527 g/mol. The highest BCUT2D eigenvalue weighted by atomic mass is 19.2. The molecule has 4 heterocycles. The van der Waals surface area contributed by atoms with Crippen molar-refractivity contribution in [1.29, 1.82) is 0 Å². The molecule has 5 rings (SSSR count). The summed E-state index contributed by atoms with van der Waals surface area (Å²) in [5.41, 5.74) is 1.47. The predicted octanol–water partition coefficient (Wildman–Crippen LogP) is 3.34. The first-order chi connectivity index (χ1) is 18.4. The summed E-state index contributed by atoms with van der Waals surface area (Å²) in [5.74, 6) is -0.417. The zero-order valence-electron chi connectivity index (χ0n) is 20.5. The molecule has 38 heavy (non-hydrogen) atoms. The maximum Gasteiger partial charge on any atom is 0.235 e. The number of H-pyrrole nitrogens is 1. The third-order valence-electron chi connectivity index (χ3n) is 5.83. The number of hydrogen-bond acceptors (Lipinski definition) is 10. The monoisotopic (exact) mass is 526 g/mol. The lowest BCUT2D eigenvalue weighted by atomic mass is 10.1. The number of halogens is 3. The molecule has 1 aromatic carbocycles. The lowest BCUT2D eigenvalue weighted by molar-refractivity contribution is 0.122. The number of ether oxygens (including phenoxy) is 1. The first kappa shape index (κ1) is 25.3. The Morgan fingerprint density at radius 2 is 1.74 bits per heavy atom. The zero-order valence-corrected chi connectivity index (χ0v) is 20.5. The van der Waals surface area contributed by atoms with E-state index < -0.39 is 23.5 Å². The Kier molecular flexibility index (Phi) is 7.58. The van der Waals surface area contributed by atoms with Crippen LogP contribution in [0.15, 0.2) is 36.7 Å². The molecule has 0 bridgehead atoms. The van der Waals surface area contributed by atoms with Crippen LogP contribution in [0, 0.1) is 17.5 Å². The highest BCUT2D eigenvalue weighted by Gasteiger charge is 2.19. The van der Waals surface area contributed by atoms with E-state index in [1.165, 1.54) is 6.07 Å². The molecule has 198 valence electrons. The summed E-state index contributed by atoms with van der Waals surface area (Å²) in [7, 11) is 0. The molecule has 1 saturated heterocycles. The second-order valence-electron chi connectivity index (χ2n) is 8.66. The van der Waals surface area contributed by atoms with Crippen molar-refractivity contribution < 1.29 is 17.9 Å². The smallest absolute Gasteiger partial charge is 0.235 e. The van der Waals surface area contributed by atoms with Gasteiger partial charge in [0.05, 0.1) is 31.6 Å². The van der Waals surface area contributed by atoms with Gasteiger partial charge in [-0.1, -0.05) is 6.07 Å². The number of hydrogen-bond donors (Lipinski definition) is 3. The van der Waals surface area contributed by atoms with Crippen LogP contribution in [0.4, 0.5) is 36.8 Å². The largest absolute Gasteiger partial charge is 0.378 e. The molecule has 11 nitrogen and oxygen atoms in total. The van der Waals surface area contributed by atoms with Gasteiger partial charge in [0, 0.05) is 24.8 Å². The molecule has 1 aliphatic heterocycles. The van der Waals surface area contributed by atoms with Crippen LogP contribution in [0.25, 0.3) is 0 Å². The number of aromatic nitrogens is 7. The number of nitrogens with zero attached hydrogens (tertiary/aromatic N) is 7. The van der Waals surface area contributed by atoms with Gasteiger partial charge in [0.25, 0.3) is 0 Å². The minimum absolute atomic E-state index is 0.259. The van der Waals surface area contributed by atoms with E-state index in [9.17, 15) is 13.2 Å². The van der Waals surface area contributed by atoms with Crippen LogP contribution < -0.4 is 15.5 Å². The highest BCUT2D eigenvalue weighted by molar-refractivity contribution is 5.53. The fourth-order valence-electron chi connectivity index (χ4n) is 3.84. The van der Waals surface area contributed by atoms with Crippen LogP contribution in [0.1, 0.15) is 30.0 Å². The molecule has 0 radical (unpaired) electrons. The molecule has 0 aliphatic carbocycles. The van der Waals surface area contributed by atoms with Crippen molar-refractivity contribution in [3.05, 3.63) is 71.2 Å². The molecule has 0 amide bonds. The lowest BCUT2D eigenvalue weighted by Gasteiger charge is -2.27.